The summed E-state index contributed by atoms with van der Waals surface area (Å²) >= 11 is 0. The van der Waals surface area contributed by atoms with E-state index in [9.17, 15) is 24.0 Å². The van der Waals surface area contributed by atoms with Crippen LogP contribution in [-0.4, -0.2) is 61.4 Å². The second-order valence-corrected chi connectivity index (χ2v) is 11.9. The Bertz CT molecular complexity index is 1470. The highest BCUT2D eigenvalue weighted by Gasteiger charge is 2.32. The van der Waals surface area contributed by atoms with Gasteiger partial charge in [0.1, 0.15) is 18.4 Å². The smallest absolute Gasteiger partial charge is 0.407 e. The first-order valence-electron chi connectivity index (χ1n) is 15.5. The number of alkyl carbamates (subject to hydrolysis) is 1. The van der Waals surface area contributed by atoms with Crippen LogP contribution in [0.2, 0.25) is 0 Å². The molecule has 1 unspecified atom stereocenters. The highest BCUT2D eigenvalue weighted by Crippen LogP contribution is 2.20. The molecule has 0 spiro atoms. The largest absolute Gasteiger partial charge is 0.449 e. The fourth-order valence-electron chi connectivity index (χ4n) is 5.57. The number of amides is 4. The van der Waals surface area contributed by atoms with Crippen LogP contribution in [0.3, 0.4) is 0 Å². The molecule has 4 amide bonds. The van der Waals surface area contributed by atoms with Crippen molar-refractivity contribution in [2.24, 2.45) is 11.8 Å². The summed E-state index contributed by atoms with van der Waals surface area (Å²) in [6, 6.07) is 20.3. The summed E-state index contributed by atoms with van der Waals surface area (Å²) < 4.78 is 5.43. The molecule has 0 bridgehead atoms. The number of rotatable bonds is 15. The molecule has 0 aliphatic carbocycles. The van der Waals surface area contributed by atoms with Gasteiger partial charge in [0.05, 0.1) is 12.6 Å². The summed E-state index contributed by atoms with van der Waals surface area (Å²) in [6.07, 6.45) is 1.63. The summed E-state index contributed by atoms with van der Waals surface area (Å²) in [7, 11) is 0. The Morgan fingerprint density at radius 3 is 2.33 bits per heavy atom. The zero-order valence-corrected chi connectivity index (χ0v) is 25.8. The van der Waals surface area contributed by atoms with Crippen molar-refractivity contribution < 1.29 is 28.7 Å². The van der Waals surface area contributed by atoms with Crippen LogP contribution < -0.4 is 21.3 Å². The number of hydrogen-bond donors (Lipinski definition) is 4. The Kier molecular flexibility index (Phi) is 12.1. The van der Waals surface area contributed by atoms with Gasteiger partial charge >= 0.3 is 6.09 Å². The van der Waals surface area contributed by atoms with Gasteiger partial charge in [0.15, 0.2) is 0 Å². The van der Waals surface area contributed by atoms with E-state index in [4.69, 9.17) is 4.74 Å². The van der Waals surface area contributed by atoms with Crippen LogP contribution in [-0.2, 0) is 36.8 Å². The highest BCUT2D eigenvalue weighted by atomic mass is 16.5. The predicted molar refractivity (Wildman–Crippen MR) is 171 cm³/mol. The SMILES string of the molecule is CC(C)C[C@H](NC(=O)C(Cc1cccc2ccccc12)NC(=O)OCCc1ccccc1)C(=O)N[C@H](C=O)C[C@@H]1CCNC1=O. The van der Waals surface area contributed by atoms with Crippen LogP contribution >= 0.6 is 0 Å². The molecular formula is C35H42N4O6. The van der Waals surface area contributed by atoms with E-state index >= 15 is 0 Å². The quantitative estimate of drug-likeness (QED) is 0.193. The highest BCUT2D eigenvalue weighted by molar-refractivity contribution is 5.93. The van der Waals surface area contributed by atoms with Gasteiger partial charge in [0, 0.05) is 25.3 Å². The van der Waals surface area contributed by atoms with Crippen molar-refractivity contribution in [3.63, 3.8) is 0 Å². The van der Waals surface area contributed by atoms with Crippen molar-refractivity contribution in [3.8, 4) is 0 Å². The molecule has 1 aliphatic heterocycles. The van der Waals surface area contributed by atoms with E-state index in [1.54, 1.807) is 0 Å². The van der Waals surface area contributed by atoms with Crippen LogP contribution in [0.25, 0.3) is 10.8 Å². The van der Waals surface area contributed by atoms with Gasteiger partial charge in [-0.05, 0) is 47.1 Å². The molecule has 10 nitrogen and oxygen atoms in total. The van der Waals surface area contributed by atoms with Crippen molar-refractivity contribution in [2.45, 2.75) is 64.1 Å². The summed E-state index contributed by atoms with van der Waals surface area (Å²) in [5.74, 6) is -1.55. The average molecular weight is 615 g/mol. The van der Waals surface area contributed by atoms with E-state index in [1.807, 2.05) is 86.6 Å². The predicted octanol–water partition coefficient (Wildman–Crippen LogP) is 3.46. The summed E-state index contributed by atoms with van der Waals surface area (Å²) in [5, 5.41) is 12.9. The van der Waals surface area contributed by atoms with Gasteiger partial charge < -0.3 is 30.8 Å². The summed E-state index contributed by atoms with van der Waals surface area (Å²) in [5.41, 5.74) is 1.86. The maximum atomic E-state index is 13.8. The lowest BCUT2D eigenvalue weighted by molar-refractivity contribution is -0.131. The van der Waals surface area contributed by atoms with E-state index in [2.05, 4.69) is 21.3 Å². The van der Waals surface area contributed by atoms with Crippen LogP contribution in [0.4, 0.5) is 4.79 Å². The van der Waals surface area contributed by atoms with Gasteiger partial charge in [-0.1, -0.05) is 86.6 Å². The Morgan fingerprint density at radius 1 is 0.911 bits per heavy atom. The van der Waals surface area contributed by atoms with Gasteiger partial charge in [-0.2, -0.15) is 0 Å². The zero-order chi connectivity index (χ0) is 32.2. The Hall–Kier alpha value is -4.73. The Labute approximate surface area is 263 Å². The molecule has 0 saturated carbocycles. The molecule has 1 heterocycles. The standard InChI is InChI=1S/C35H42N4O6/c1-23(2)19-30(33(42)37-28(22-40)20-27-15-17-36-32(27)41)38-34(43)31(21-26-13-8-12-25-11-6-7-14-29(25)26)39-35(44)45-18-16-24-9-4-3-5-10-24/h3-14,22-23,27-28,30-31H,15-21H2,1-2H3,(H,36,41)(H,37,42)(H,38,43)(H,39,44)/t27-,28-,30-,31?/m0/s1. The lowest BCUT2D eigenvalue weighted by atomic mass is 9.97. The first-order chi connectivity index (χ1) is 21.7. The number of aldehydes is 1. The topological polar surface area (TPSA) is 143 Å². The minimum absolute atomic E-state index is 0.0313. The second kappa shape index (κ2) is 16.4. The zero-order valence-electron chi connectivity index (χ0n) is 25.8. The summed E-state index contributed by atoms with van der Waals surface area (Å²) in [6.45, 7) is 4.50. The van der Waals surface area contributed by atoms with E-state index in [-0.39, 0.29) is 37.2 Å². The van der Waals surface area contributed by atoms with Crippen molar-refractivity contribution in [1.82, 2.24) is 21.3 Å². The lowest BCUT2D eigenvalue weighted by Gasteiger charge is -2.26. The average Bonchev–Trinajstić information content (AvgIpc) is 3.44. The second-order valence-electron chi connectivity index (χ2n) is 11.9. The molecule has 45 heavy (non-hydrogen) atoms. The molecule has 1 fully saturated rings. The maximum Gasteiger partial charge on any atom is 0.407 e. The third kappa shape index (κ3) is 9.89. The lowest BCUT2D eigenvalue weighted by Crippen LogP contribution is -2.56. The first-order valence-corrected chi connectivity index (χ1v) is 15.5. The first kappa shape index (κ1) is 33.2. The van der Waals surface area contributed by atoms with E-state index < -0.39 is 36.0 Å². The number of fused-ring (bicyclic) bond motifs is 1. The number of carbonyl (C=O) groups excluding carboxylic acids is 5. The number of hydrogen-bond acceptors (Lipinski definition) is 6. The van der Waals surface area contributed by atoms with Gasteiger partial charge in [-0.15, -0.1) is 0 Å². The molecule has 0 radical (unpaired) electrons. The minimum Gasteiger partial charge on any atom is -0.449 e. The molecule has 10 heteroatoms. The number of benzene rings is 3. The molecule has 3 aromatic rings. The number of carbonyl (C=O) groups is 5. The van der Waals surface area contributed by atoms with E-state index in [0.29, 0.717) is 32.1 Å². The fourth-order valence-corrected chi connectivity index (χ4v) is 5.57. The summed E-state index contributed by atoms with van der Waals surface area (Å²) in [4.78, 5) is 64.0. The van der Waals surface area contributed by atoms with Crippen LogP contribution in [0.15, 0.2) is 72.8 Å². The van der Waals surface area contributed by atoms with Gasteiger partial charge in [-0.3, -0.25) is 14.4 Å². The molecule has 4 atom stereocenters. The minimum atomic E-state index is -1.05. The third-order valence-electron chi connectivity index (χ3n) is 7.91. The van der Waals surface area contributed by atoms with Crippen molar-refractivity contribution >= 4 is 40.9 Å². The normalized spacial score (nSPS) is 16.3. The van der Waals surface area contributed by atoms with Crippen molar-refractivity contribution in [2.75, 3.05) is 13.2 Å². The monoisotopic (exact) mass is 614 g/mol. The molecule has 1 aliphatic rings. The number of nitrogens with one attached hydrogen (secondary N) is 4. The van der Waals surface area contributed by atoms with Crippen LogP contribution in [0.1, 0.15) is 44.2 Å². The van der Waals surface area contributed by atoms with Gasteiger partial charge in [0.25, 0.3) is 0 Å². The number of ether oxygens (including phenoxy) is 1. The molecular weight excluding hydrogens is 572 g/mol. The molecule has 3 aromatic carbocycles. The van der Waals surface area contributed by atoms with Gasteiger partial charge in [-0.25, -0.2) is 4.79 Å². The third-order valence-corrected chi connectivity index (χ3v) is 7.91. The van der Waals surface area contributed by atoms with Crippen LogP contribution in [0, 0.1) is 11.8 Å². The molecule has 0 aromatic heterocycles. The molecule has 1 saturated heterocycles. The molecule has 238 valence electrons. The maximum absolute atomic E-state index is 13.8. The molecule has 4 rings (SSSR count). The fraction of sp³-hybridized carbons (Fsp3) is 0.400. The van der Waals surface area contributed by atoms with Crippen LogP contribution in [0.5, 0.6) is 0 Å². The van der Waals surface area contributed by atoms with Gasteiger partial charge in [0.2, 0.25) is 17.7 Å². The van der Waals surface area contributed by atoms with Crippen molar-refractivity contribution in [3.05, 3.63) is 83.9 Å². The van der Waals surface area contributed by atoms with E-state index in [1.165, 1.54) is 0 Å². The van der Waals surface area contributed by atoms with Crippen molar-refractivity contribution in [1.29, 1.82) is 0 Å². The Morgan fingerprint density at radius 2 is 1.62 bits per heavy atom. The Balaban J connectivity index is 1.48. The molecule has 4 N–H and O–H groups in total. The van der Waals surface area contributed by atoms with E-state index in [0.717, 1.165) is 21.9 Å².